The average molecular weight is 113 g/mol. The normalized spacial score (nSPS) is 27.2. The lowest BCUT2D eigenvalue weighted by Crippen LogP contribution is -2.19. The Morgan fingerprint density at radius 1 is 1.88 bits per heavy atom. The van der Waals surface area contributed by atoms with Crippen molar-refractivity contribution in [2.45, 2.75) is 6.10 Å². The van der Waals surface area contributed by atoms with Crippen molar-refractivity contribution < 1.29 is 4.74 Å². The molecule has 0 aliphatic carbocycles. The summed E-state index contributed by atoms with van der Waals surface area (Å²) in [4.78, 5) is 0. The van der Waals surface area contributed by atoms with E-state index in [1.54, 1.807) is 12.1 Å². The molecule has 0 bridgehead atoms. The number of ether oxygens (including phenoxy) is 1. The van der Waals surface area contributed by atoms with Gasteiger partial charge >= 0.3 is 0 Å². The largest absolute Gasteiger partial charge is 0.373 e. The Balaban J connectivity index is 2.34. The van der Waals surface area contributed by atoms with Gasteiger partial charge in [-0.1, -0.05) is 0 Å². The number of hydrazone groups is 1. The Labute approximate surface area is 48.9 Å². The van der Waals surface area contributed by atoms with Crippen molar-refractivity contribution in [1.29, 1.82) is 0 Å². The van der Waals surface area contributed by atoms with Gasteiger partial charge in [0.15, 0.2) is 0 Å². The monoisotopic (exact) mass is 113 g/mol. The van der Waals surface area contributed by atoms with E-state index < -0.39 is 0 Å². The van der Waals surface area contributed by atoms with E-state index in [9.17, 15) is 0 Å². The minimum absolute atomic E-state index is 0.0833. The first-order valence-electron chi connectivity index (χ1n) is 2.53. The van der Waals surface area contributed by atoms with Crippen molar-refractivity contribution in [2.75, 3.05) is 20.7 Å². The Bertz CT molecular complexity index is 103. The molecule has 0 aromatic rings. The highest BCUT2D eigenvalue weighted by molar-refractivity contribution is 5.64. The summed E-state index contributed by atoms with van der Waals surface area (Å²) in [7, 11) is 3.55. The predicted molar refractivity (Wildman–Crippen MR) is 30.9 cm³/mol. The molecule has 1 radical (unpaired) electrons. The number of likely N-dealkylation sites (N-methyl/N-ethyl adjacent to an activating group) is 1. The molecule has 0 amide bonds. The van der Waals surface area contributed by atoms with Crippen molar-refractivity contribution in [1.82, 2.24) is 5.01 Å². The zero-order valence-corrected chi connectivity index (χ0v) is 5.09. The molecule has 3 heteroatoms. The molecule has 1 atom stereocenters. The number of methoxy groups -OCH3 is 1. The van der Waals surface area contributed by atoms with Gasteiger partial charge < -0.3 is 4.74 Å². The second-order valence-corrected chi connectivity index (χ2v) is 1.79. The first kappa shape index (κ1) is 5.56. The van der Waals surface area contributed by atoms with E-state index in [0.29, 0.717) is 0 Å². The van der Waals surface area contributed by atoms with E-state index in [1.165, 1.54) is 0 Å². The molecule has 0 N–H and O–H groups in total. The SMILES string of the molecule is COC1[C]=NN(C)C1. The third-order valence-corrected chi connectivity index (χ3v) is 1.09. The number of hydrogen-bond donors (Lipinski definition) is 0. The van der Waals surface area contributed by atoms with E-state index in [2.05, 4.69) is 11.3 Å². The van der Waals surface area contributed by atoms with Crippen LogP contribution < -0.4 is 0 Å². The van der Waals surface area contributed by atoms with Crippen molar-refractivity contribution in [3.63, 3.8) is 0 Å². The van der Waals surface area contributed by atoms with E-state index in [0.717, 1.165) is 6.54 Å². The van der Waals surface area contributed by atoms with E-state index in [1.807, 2.05) is 7.05 Å². The van der Waals surface area contributed by atoms with Gasteiger partial charge in [0.2, 0.25) is 0 Å². The van der Waals surface area contributed by atoms with Crippen LogP contribution in [0.4, 0.5) is 0 Å². The first-order chi connectivity index (χ1) is 3.83. The zero-order valence-electron chi connectivity index (χ0n) is 5.09. The average Bonchev–Trinajstić information content (AvgIpc) is 2.14. The van der Waals surface area contributed by atoms with Crippen molar-refractivity contribution >= 4 is 6.21 Å². The lowest BCUT2D eigenvalue weighted by molar-refractivity contribution is 0.142. The Hall–Kier alpha value is -0.570. The molecule has 0 saturated heterocycles. The lowest BCUT2D eigenvalue weighted by atomic mass is 10.4. The molecule has 45 valence electrons. The van der Waals surface area contributed by atoms with Gasteiger partial charge in [-0.2, -0.15) is 5.10 Å². The van der Waals surface area contributed by atoms with Crippen LogP contribution in [0.5, 0.6) is 0 Å². The summed E-state index contributed by atoms with van der Waals surface area (Å²) in [6.07, 6.45) is 2.87. The molecule has 1 unspecified atom stereocenters. The molecule has 1 aliphatic heterocycles. The van der Waals surface area contributed by atoms with Crippen LogP contribution in [0, 0.1) is 0 Å². The summed E-state index contributed by atoms with van der Waals surface area (Å²) in [5.74, 6) is 0. The molecule has 0 spiro atoms. The minimum atomic E-state index is 0.0833. The Morgan fingerprint density at radius 3 is 2.88 bits per heavy atom. The predicted octanol–water partition coefficient (Wildman–Crippen LogP) is -0.190. The fourth-order valence-electron chi connectivity index (χ4n) is 0.612. The molecule has 0 aromatic carbocycles. The van der Waals surface area contributed by atoms with Crippen LogP contribution in [0.2, 0.25) is 0 Å². The van der Waals surface area contributed by atoms with Crippen molar-refractivity contribution in [3.8, 4) is 0 Å². The van der Waals surface area contributed by atoms with Gasteiger partial charge in [-0.15, -0.1) is 0 Å². The lowest BCUT2D eigenvalue weighted by Gasteiger charge is -2.06. The highest BCUT2D eigenvalue weighted by Crippen LogP contribution is 1.98. The van der Waals surface area contributed by atoms with E-state index >= 15 is 0 Å². The zero-order chi connectivity index (χ0) is 5.98. The van der Waals surface area contributed by atoms with Gasteiger partial charge in [0, 0.05) is 14.2 Å². The molecule has 1 aliphatic rings. The molecule has 1 heterocycles. The summed E-state index contributed by atoms with van der Waals surface area (Å²) in [5, 5.41) is 5.65. The molecule has 1 rings (SSSR count). The second-order valence-electron chi connectivity index (χ2n) is 1.79. The van der Waals surface area contributed by atoms with Gasteiger partial charge in [-0.05, 0) is 0 Å². The van der Waals surface area contributed by atoms with Crippen molar-refractivity contribution in [3.05, 3.63) is 0 Å². The van der Waals surface area contributed by atoms with E-state index in [-0.39, 0.29) is 6.10 Å². The van der Waals surface area contributed by atoms with E-state index in [4.69, 9.17) is 4.74 Å². The molecular formula is C5H9N2O. The van der Waals surface area contributed by atoms with Crippen LogP contribution in [-0.2, 0) is 4.74 Å². The number of rotatable bonds is 1. The Morgan fingerprint density at radius 2 is 2.62 bits per heavy atom. The molecule has 0 aromatic heterocycles. The summed E-state index contributed by atoms with van der Waals surface area (Å²) < 4.78 is 4.94. The second kappa shape index (κ2) is 2.13. The third-order valence-electron chi connectivity index (χ3n) is 1.09. The highest BCUT2D eigenvalue weighted by atomic mass is 16.5. The minimum Gasteiger partial charge on any atom is -0.373 e. The molecule has 0 fully saturated rings. The van der Waals surface area contributed by atoms with Crippen LogP contribution in [0.25, 0.3) is 0 Å². The van der Waals surface area contributed by atoms with Crippen LogP contribution in [0.3, 0.4) is 0 Å². The third kappa shape index (κ3) is 0.980. The molecule has 8 heavy (non-hydrogen) atoms. The number of nitrogens with zero attached hydrogens (tertiary/aromatic N) is 2. The van der Waals surface area contributed by atoms with Crippen LogP contribution in [0.1, 0.15) is 0 Å². The fourth-order valence-corrected chi connectivity index (χ4v) is 0.612. The van der Waals surface area contributed by atoms with Crippen LogP contribution in [-0.4, -0.2) is 38.0 Å². The van der Waals surface area contributed by atoms with Gasteiger partial charge in [-0.3, -0.25) is 5.01 Å². The van der Waals surface area contributed by atoms with Gasteiger partial charge in [0.05, 0.1) is 6.54 Å². The van der Waals surface area contributed by atoms with Crippen LogP contribution in [0.15, 0.2) is 5.10 Å². The summed E-state index contributed by atoms with van der Waals surface area (Å²) in [6.45, 7) is 0.830. The van der Waals surface area contributed by atoms with Crippen LogP contribution >= 0.6 is 0 Å². The van der Waals surface area contributed by atoms with Crippen molar-refractivity contribution in [2.24, 2.45) is 5.10 Å². The summed E-state index contributed by atoms with van der Waals surface area (Å²) in [5.41, 5.74) is 0. The maximum Gasteiger partial charge on any atom is 0.122 e. The van der Waals surface area contributed by atoms with Gasteiger partial charge in [0.25, 0.3) is 0 Å². The first-order valence-corrected chi connectivity index (χ1v) is 2.53. The summed E-state index contributed by atoms with van der Waals surface area (Å²) >= 11 is 0. The maximum absolute atomic E-state index is 4.94. The van der Waals surface area contributed by atoms with Gasteiger partial charge in [-0.25, -0.2) is 0 Å². The molecule has 3 nitrogen and oxygen atoms in total. The quantitative estimate of drug-likeness (QED) is 0.471. The fraction of sp³-hybridized carbons (Fsp3) is 0.800. The highest BCUT2D eigenvalue weighted by Gasteiger charge is 2.12. The summed E-state index contributed by atoms with van der Waals surface area (Å²) in [6, 6.07) is 0. The van der Waals surface area contributed by atoms with Gasteiger partial charge in [0.1, 0.15) is 12.3 Å². The molecule has 0 saturated carbocycles. The smallest absolute Gasteiger partial charge is 0.122 e. The number of hydrogen-bond acceptors (Lipinski definition) is 3. The standard InChI is InChI=1S/C5H9N2O/c1-7-4-5(8-2)3-6-7/h5H,4H2,1-2H3. The Kier molecular flexibility index (Phi) is 1.48. The topological polar surface area (TPSA) is 24.8 Å². The molecular weight excluding hydrogens is 104 g/mol. The maximum atomic E-state index is 4.94.